The summed E-state index contributed by atoms with van der Waals surface area (Å²) in [5.41, 5.74) is 3.37. The van der Waals surface area contributed by atoms with Gasteiger partial charge in [0.1, 0.15) is 5.15 Å². The second-order valence-electron chi connectivity index (χ2n) is 4.56. The van der Waals surface area contributed by atoms with Crippen molar-refractivity contribution >= 4 is 22.5 Å². The highest BCUT2D eigenvalue weighted by molar-refractivity contribution is 6.34. The van der Waals surface area contributed by atoms with Crippen LogP contribution in [0, 0.1) is 0 Å². The monoisotopic (exact) mass is 271 g/mol. The summed E-state index contributed by atoms with van der Waals surface area (Å²) in [6.45, 7) is 2.18. The molecule has 0 aliphatic heterocycles. The number of nitrogens with one attached hydrogen (secondary N) is 1. The summed E-state index contributed by atoms with van der Waals surface area (Å²) < 4.78 is 0. The number of nitrogens with zero attached hydrogens (tertiary/aromatic N) is 2. The Morgan fingerprint density at radius 2 is 2.16 bits per heavy atom. The van der Waals surface area contributed by atoms with E-state index in [9.17, 15) is 0 Å². The fraction of sp³-hybridized carbons (Fsp3) is 0.200. The molecule has 2 aromatic heterocycles. The average Bonchev–Trinajstić information content (AvgIpc) is 2.82. The molecule has 1 N–H and O–H groups in total. The first-order valence-electron chi connectivity index (χ1n) is 6.33. The molecule has 0 bridgehead atoms. The Balaban J connectivity index is 2.08. The number of benzene rings is 1. The van der Waals surface area contributed by atoms with Gasteiger partial charge in [0.05, 0.1) is 5.52 Å². The molecule has 0 spiro atoms. The average molecular weight is 272 g/mol. The summed E-state index contributed by atoms with van der Waals surface area (Å²) in [7, 11) is 0. The third kappa shape index (κ3) is 2.22. The molecule has 96 valence electrons. The molecule has 1 unspecified atom stereocenters. The van der Waals surface area contributed by atoms with Crippen LogP contribution in [-0.4, -0.2) is 15.2 Å². The van der Waals surface area contributed by atoms with Crippen molar-refractivity contribution in [1.82, 2.24) is 15.2 Å². The molecule has 0 aliphatic carbocycles. The minimum atomic E-state index is 0.337. The molecule has 0 amide bonds. The smallest absolute Gasteiger partial charge is 0.132 e. The van der Waals surface area contributed by atoms with E-state index < -0.39 is 0 Å². The normalized spacial score (nSPS) is 12.7. The zero-order valence-electron chi connectivity index (χ0n) is 10.6. The molecule has 1 atom stereocenters. The van der Waals surface area contributed by atoms with Crippen LogP contribution >= 0.6 is 11.6 Å². The molecular weight excluding hydrogens is 258 g/mol. The maximum atomic E-state index is 6.11. The molecule has 19 heavy (non-hydrogen) atoms. The number of rotatable bonds is 3. The molecule has 0 aliphatic rings. The Kier molecular flexibility index (Phi) is 3.22. The van der Waals surface area contributed by atoms with Crippen LogP contribution in [0.1, 0.15) is 30.4 Å². The number of hydrogen-bond acceptors (Lipinski definition) is 2. The lowest BCUT2D eigenvalue weighted by Crippen LogP contribution is -1.99. The van der Waals surface area contributed by atoms with Gasteiger partial charge in [-0.1, -0.05) is 30.7 Å². The van der Waals surface area contributed by atoms with Gasteiger partial charge in [0.15, 0.2) is 0 Å². The van der Waals surface area contributed by atoms with Gasteiger partial charge in [-0.2, -0.15) is 5.10 Å². The maximum Gasteiger partial charge on any atom is 0.132 e. The van der Waals surface area contributed by atoms with Crippen molar-refractivity contribution < 1.29 is 0 Å². The minimum Gasteiger partial charge on any atom is -0.266 e. The van der Waals surface area contributed by atoms with E-state index in [0.29, 0.717) is 11.1 Å². The maximum absolute atomic E-state index is 6.11. The van der Waals surface area contributed by atoms with E-state index in [-0.39, 0.29) is 0 Å². The Morgan fingerprint density at radius 1 is 1.26 bits per heavy atom. The molecule has 0 saturated heterocycles. The summed E-state index contributed by atoms with van der Waals surface area (Å²) in [6.07, 6.45) is 4.74. The van der Waals surface area contributed by atoms with E-state index in [2.05, 4.69) is 40.3 Å². The van der Waals surface area contributed by atoms with E-state index >= 15 is 0 Å². The first-order chi connectivity index (χ1) is 9.29. The van der Waals surface area contributed by atoms with Gasteiger partial charge in [-0.3, -0.25) is 10.1 Å². The molecule has 0 saturated carbocycles. The van der Waals surface area contributed by atoms with E-state index in [1.54, 1.807) is 6.20 Å². The molecule has 0 fully saturated rings. The second-order valence-corrected chi connectivity index (χ2v) is 4.94. The summed E-state index contributed by atoms with van der Waals surface area (Å²) in [6, 6.07) is 10.3. The summed E-state index contributed by atoms with van der Waals surface area (Å²) in [5, 5.41) is 8.52. The third-order valence-electron chi connectivity index (χ3n) is 3.43. The van der Waals surface area contributed by atoms with Gasteiger partial charge in [0.25, 0.3) is 0 Å². The lowest BCUT2D eigenvalue weighted by Gasteiger charge is -2.15. The number of aromatic nitrogens is 3. The van der Waals surface area contributed by atoms with Crippen LogP contribution in [0.25, 0.3) is 10.9 Å². The van der Waals surface area contributed by atoms with Crippen LogP contribution in [-0.2, 0) is 0 Å². The summed E-state index contributed by atoms with van der Waals surface area (Å²) in [4.78, 5) is 4.20. The van der Waals surface area contributed by atoms with Crippen LogP contribution in [0.15, 0.2) is 42.7 Å². The highest BCUT2D eigenvalue weighted by atomic mass is 35.5. The van der Waals surface area contributed by atoms with E-state index in [1.807, 2.05) is 18.3 Å². The van der Waals surface area contributed by atoms with Gasteiger partial charge in [0.2, 0.25) is 0 Å². The lowest BCUT2D eigenvalue weighted by molar-refractivity contribution is 0.774. The van der Waals surface area contributed by atoms with Gasteiger partial charge in [0, 0.05) is 23.7 Å². The first-order valence-corrected chi connectivity index (χ1v) is 6.71. The SMILES string of the molecule is CCC(c1cccnc1)c1ccc2n[nH]c(Cl)c2c1. The number of hydrogen-bond donors (Lipinski definition) is 1. The van der Waals surface area contributed by atoms with Crippen LogP contribution in [0.5, 0.6) is 0 Å². The zero-order valence-corrected chi connectivity index (χ0v) is 11.4. The highest BCUT2D eigenvalue weighted by Crippen LogP contribution is 2.31. The van der Waals surface area contributed by atoms with Gasteiger partial charge in [-0.25, -0.2) is 0 Å². The fourth-order valence-corrected chi connectivity index (χ4v) is 2.65. The van der Waals surface area contributed by atoms with Crippen LogP contribution in [0.2, 0.25) is 5.15 Å². The predicted molar refractivity (Wildman–Crippen MR) is 77.5 cm³/mol. The van der Waals surface area contributed by atoms with Gasteiger partial charge >= 0.3 is 0 Å². The first kappa shape index (κ1) is 12.2. The third-order valence-corrected chi connectivity index (χ3v) is 3.72. The van der Waals surface area contributed by atoms with E-state index in [0.717, 1.165) is 17.3 Å². The molecular formula is C15H14ClN3. The quantitative estimate of drug-likeness (QED) is 0.777. The number of halogens is 1. The molecule has 3 aromatic rings. The standard InChI is InChI=1S/C15H14ClN3/c1-2-12(11-4-3-7-17-9-11)10-5-6-14-13(8-10)15(16)19-18-14/h3-9,12H,2H2,1H3,(H,18,19). The zero-order chi connectivity index (χ0) is 13.2. The molecule has 3 nitrogen and oxygen atoms in total. The Hall–Kier alpha value is -1.87. The van der Waals surface area contributed by atoms with Crippen molar-refractivity contribution in [2.75, 3.05) is 0 Å². The van der Waals surface area contributed by atoms with Gasteiger partial charge in [-0.15, -0.1) is 0 Å². The number of fused-ring (bicyclic) bond motifs is 1. The van der Waals surface area contributed by atoms with E-state index in [4.69, 9.17) is 11.6 Å². The topological polar surface area (TPSA) is 41.6 Å². The largest absolute Gasteiger partial charge is 0.266 e. The molecule has 0 radical (unpaired) electrons. The Morgan fingerprint density at radius 3 is 2.89 bits per heavy atom. The van der Waals surface area contributed by atoms with Crippen molar-refractivity contribution in [1.29, 1.82) is 0 Å². The predicted octanol–water partition coefficient (Wildman–Crippen LogP) is 4.15. The Labute approximate surface area is 116 Å². The van der Waals surface area contributed by atoms with Crippen molar-refractivity contribution in [3.8, 4) is 0 Å². The summed E-state index contributed by atoms with van der Waals surface area (Å²) in [5.74, 6) is 0.337. The Bertz CT molecular complexity index is 691. The fourth-order valence-electron chi connectivity index (χ4n) is 2.46. The van der Waals surface area contributed by atoms with Crippen molar-refractivity contribution in [2.24, 2.45) is 0 Å². The lowest BCUT2D eigenvalue weighted by atomic mass is 9.90. The van der Waals surface area contributed by atoms with Gasteiger partial charge in [-0.05, 0) is 35.7 Å². The van der Waals surface area contributed by atoms with Crippen LogP contribution in [0.3, 0.4) is 0 Å². The number of aromatic amines is 1. The molecule has 2 heterocycles. The molecule has 4 heteroatoms. The highest BCUT2D eigenvalue weighted by Gasteiger charge is 2.14. The molecule has 1 aromatic carbocycles. The number of H-pyrrole nitrogens is 1. The van der Waals surface area contributed by atoms with Crippen molar-refractivity contribution in [2.45, 2.75) is 19.3 Å². The minimum absolute atomic E-state index is 0.337. The number of pyridine rings is 1. The van der Waals surface area contributed by atoms with Crippen molar-refractivity contribution in [3.63, 3.8) is 0 Å². The van der Waals surface area contributed by atoms with Crippen LogP contribution in [0.4, 0.5) is 0 Å². The van der Waals surface area contributed by atoms with Gasteiger partial charge < -0.3 is 0 Å². The second kappa shape index (κ2) is 5.02. The van der Waals surface area contributed by atoms with E-state index in [1.165, 1.54) is 11.1 Å². The van der Waals surface area contributed by atoms with Crippen molar-refractivity contribution in [3.05, 3.63) is 59.0 Å². The summed E-state index contributed by atoms with van der Waals surface area (Å²) >= 11 is 6.11. The molecule has 3 rings (SSSR count). The van der Waals surface area contributed by atoms with Crippen LogP contribution < -0.4 is 0 Å².